The Morgan fingerprint density at radius 2 is 1.89 bits per heavy atom. The number of amides is 1. The van der Waals surface area contributed by atoms with Crippen molar-refractivity contribution in [2.24, 2.45) is 0 Å². The highest BCUT2D eigenvalue weighted by atomic mass is 79.9. The minimum Gasteiger partial charge on any atom is -0.471 e. The van der Waals surface area contributed by atoms with Gasteiger partial charge in [0.2, 0.25) is 0 Å². The molecule has 0 bridgehead atoms. The van der Waals surface area contributed by atoms with Gasteiger partial charge in [0, 0.05) is 26.7 Å². The summed E-state index contributed by atoms with van der Waals surface area (Å²) in [6, 6.07) is 16.6. The van der Waals surface area contributed by atoms with Crippen LogP contribution in [-0.2, 0) is 6.73 Å². The van der Waals surface area contributed by atoms with Gasteiger partial charge < -0.3 is 10.1 Å². The number of ether oxygens (including phenoxy) is 1. The molecular weight excluding hydrogens is 488 g/mol. The lowest BCUT2D eigenvalue weighted by Crippen LogP contribution is -2.14. The standard InChI is InChI=1S/C20H14Br2N4O2/c21-13-3-5-14(6-4-13)28-12-26-11-9-18(25-26)20(27)24-17-8-7-16(22)15-2-1-10-23-19(15)17/h1-11H,12H2,(H,24,27). The highest BCUT2D eigenvalue weighted by Crippen LogP contribution is 2.28. The normalized spacial score (nSPS) is 10.8. The number of carbonyl (C=O) groups is 1. The number of anilines is 1. The number of hydrogen-bond acceptors (Lipinski definition) is 4. The van der Waals surface area contributed by atoms with E-state index in [0.717, 1.165) is 20.1 Å². The molecule has 0 fully saturated rings. The Hall–Kier alpha value is -2.71. The quantitative estimate of drug-likeness (QED) is 0.405. The average Bonchev–Trinajstić information content (AvgIpc) is 3.19. The number of rotatable bonds is 5. The number of benzene rings is 2. The number of pyridine rings is 1. The van der Waals surface area contributed by atoms with Gasteiger partial charge in [-0.2, -0.15) is 5.10 Å². The fraction of sp³-hybridized carbons (Fsp3) is 0.0500. The first-order chi connectivity index (χ1) is 13.6. The second-order valence-electron chi connectivity index (χ2n) is 5.92. The average molecular weight is 502 g/mol. The lowest BCUT2D eigenvalue weighted by Gasteiger charge is -2.08. The van der Waals surface area contributed by atoms with E-state index in [0.29, 0.717) is 16.9 Å². The van der Waals surface area contributed by atoms with Crippen molar-refractivity contribution in [3.05, 3.63) is 81.6 Å². The summed E-state index contributed by atoms with van der Waals surface area (Å²) in [5.41, 5.74) is 1.64. The Bertz CT molecular complexity index is 1140. The highest BCUT2D eigenvalue weighted by molar-refractivity contribution is 9.11. The van der Waals surface area contributed by atoms with Gasteiger partial charge >= 0.3 is 0 Å². The molecule has 0 aliphatic carbocycles. The monoisotopic (exact) mass is 500 g/mol. The summed E-state index contributed by atoms with van der Waals surface area (Å²) in [7, 11) is 0. The van der Waals surface area contributed by atoms with E-state index < -0.39 is 0 Å². The molecule has 140 valence electrons. The number of aromatic nitrogens is 3. The number of fused-ring (bicyclic) bond motifs is 1. The van der Waals surface area contributed by atoms with Gasteiger partial charge in [-0.3, -0.25) is 9.78 Å². The van der Waals surface area contributed by atoms with E-state index in [1.54, 1.807) is 23.1 Å². The Morgan fingerprint density at radius 1 is 1.07 bits per heavy atom. The summed E-state index contributed by atoms with van der Waals surface area (Å²) in [4.78, 5) is 17.0. The van der Waals surface area contributed by atoms with Crippen LogP contribution < -0.4 is 10.1 Å². The van der Waals surface area contributed by atoms with E-state index in [9.17, 15) is 4.79 Å². The Balaban J connectivity index is 1.46. The predicted molar refractivity (Wildman–Crippen MR) is 114 cm³/mol. The van der Waals surface area contributed by atoms with Crippen LogP contribution in [0.2, 0.25) is 0 Å². The third-order valence-electron chi connectivity index (χ3n) is 4.02. The molecule has 0 saturated heterocycles. The van der Waals surface area contributed by atoms with Gasteiger partial charge in [0.15, 0.2) is 12.4 Å². The van der Waals surface area contributed by atoms with Crippen LogP contribution >= 0.6 is 31.9 Å². The largest absolute Gasteiger partial charge is 0.471 e. The second kappa shape index (κ2) is 8.12. The number of hydrogen-bond donors (Lipinski definition) is 1. The molecule has 28 heavy (non-hydrogen) atoms. The third-order valence-corrected chi connectivity index (χ3v) is 5.24. The third kappa shape index (κ3) is 4.07. The van der Waals surface area contributed by atoms with Gasteiger partial charge in [0.05, 0.1) is 11.2 Å². The van der Waals surface area contributed by atoms with Crippen LogP contribution in [0, 0.1) is 0 Å². The van der Waals surface area contributed by atoms with E-state index >= 15 is 0 Å². The minimum atomic E-state index is -0.309. The molecular formula is C20H14Br2N4O2. The molecule has 4 rings (SSSR count). The smallest absolute Gasteiger partial charge is 0.276 e. The summed E-state index contributed by atoms with van der Waals surface area (Å²) < 4.78 is 9.13. The molecule has 1 amide bonds. The summed E-state index contributed by atoms with van der Waals surface area (Å²) in [6.07, 6.45) is 3.39. The van der Waals surface area contributed by atoms with E-state index in [4.69, 9.17) is 4.74 Å². The second-order valence-corrected chi connectivity index (χ2v) is 7.69. The highest BCUT2D eigenvalue weighted by Gasteiger charge is 2.13. The molecule has 4 aromatic rings. The van der Waals surface area contributed by atoms with Crippen molar-refractivity contribution < 1.29 is 9.53 Å². The molecule has 1 N–H and O–H groups in total. The van der Waals surface area contributed by atoms with Gasteiger partial charge in [-0.25, -0.2) is 4.68 Å². The molecule has 0 unspecified atom stereocenters. The topological polar surface area (TPSA) is 69.0 Å². The van der Waals surface area contributed by atoms with Crippen LogP contribution in [0.25, 0.3) is 10.9 Å². The van der Waals surface area contributed by atoms with Crippen LogP contribution in [0.5, 0.6) is 5.75 Å². The van der Waals surface area contributed by atoms with E-state index in [1.165, 1.54) is 0 Å². The van der Waals surface area contributed by atoms with Gasteiger partial charge in [-0.1, -0.05) is 37.9 Å². The van der Waals surface area contributed by atoms with Crippen molar-refractivity contribution in [3.63, 3.8) is 0 Å². The van der Waals surface area contributed by atoms with Crippen molar-refractivity contribution in [2.45, 2.75) is 6.73 Å². The first kappa shape index (κ1) is 18.6. The van der Waals surface area contributed by atoms with E-state index in [2.05, 4.69) is 47.3 Å². The summed E-state index contributed by atoms with van der Waals surface area (Å²) in [6.45, 7) is 0.206. The van der Waals surface area contributed by atoms with Crippen molar-refractivity contribution >= 4 is 54.4 Å². The molecule has 0 saturated carbocycles. The number of halogens is 2. The minimum absolute atomic E-state index is 0.206. The van der Waals surface area contributed by atoms with Gasteiger partial charge in [0.1, 0.15) is 5.75 Å². The molecule has 0 aliphatic heterocycles. The molecule has 0 aliphatic rings. The van der Waals surface area contributed by atoms with Crippen LogP contribution in [0.4, 0.5) is 5.69 Å². The van der Waals surface area contributed by atoms with Crippen LogP contribution in [0.3, 0.4) is 0 Å². The molecule has 6 nitrogen and oxygen atoms in total. The molecule has 2 aromatic heterocycles. The SMILES string of the molecule is O=C(Nc1ccc(Br)c2cccnc12)c1ccn(COc2ccc(Br)cc2)n1. The maximum Gasteiger partial charge on any atom is 0.276 e. The lowest BCUT2D eigenvalue weighted by atomic mass is 10.2. The van der Waals surface area contributed by atoms with Gasteiger partial charge in [-0.15, -0.1) is 0 Å². The zero-order valence-electron chi connectivity index (χ0n) is 14.5. The maximum atomic E-state index is 12.6. The van der Waals surface area contributed by atoms with Crippen molar-refractivity contribution in [3.8, 4) is 5.75 Å². The number of nitrogens with one attached hydrogen (secondary N) is 1. The fourth-order valence-corrected chi connectivity index (χ4v) is 3.37. The van der Waals surface area contributed by atoms with Gasteiger partial charge in [-0.05, 0) is 48.5 Å². The Kier molecular flexibility index (Phi) is 5.40. The molecule has 2 heterocycles. The van der Waals surface area contributed by atoms with Crippen molar-refractivity contribution in [1.82, 2.24) is 14.8 Å². The zero-order valence-corrected chi connectivity index (χ0v) is 17.6. The summed E-state index contributed by atoms with van der Waals surface area (Å²) >= 11 is 6.88. The van der Waals surface area contributed by atoms with Crippen LogP contribution in [-0.4, -0.2) is 20.7 Å². The van der Waals surface area contributed by atoms with E-state index in [1.807, 2.05) is 48.5 Å². The first-order valence-corrected chi connectivity index (χ1v) is 9.95. The molecule has 0 radical (unpaired) electrons. The summed E-state index contributed by atoms with van der Waals surface area (Å²) in [5.74, 6) is 0.411. The number of nitrogens with zero attached hydrogens (tertiary/aromatic N) is 3. The van der Waals surface area contributed by atoms with Crippen LogP contribution in [0.15, 0.2) is 75.9 Å². The van der Waals surface area contributed by atoms with Gasteiger partial charge in [0.25, 0.3) is 5.91 Å². The van der Waals surface area contributed by atoms with Crippen LogP contribution in [0.1, 0.15) is 10.5 Å². The van der Waals surface area contributed by atoms with Crippen molar-refractivity contribution in [1.29, 1.82) is 0 Å². The zero-order chi connectivity index (χ0) is 19.5. The number of carbonyl (C=O) groups excluding carboxylic acids is 1. The Labute approximate surface area is 177 Å². The molecule has 0 spiro atoms. The maximum absolute atomic E-state index is 12.6. The summed E-state index contributed by atoms with van der Waals surface area (Å²) in [5, 5.41) is 8.08. The first-order valence-electron chi connectivity index (χ1n) is 8.36. The predicted octanol–water partition coefficient (Wildman–Crippen LogP) is 5.25. The fourth-order valence-electron chi connectivity index (χ4n) is 2.65. The van der Waals surface area contributed by atoms with Crippen molar-refractivity contribution in [2.75, 3.05) is 5.32 Å². The molecule has 0 atom stereocenters. The molecule has 2 aromatic carbocycles. The lowest BCUT2D eigenvalue weighted by molar-refractivity contribution is 0.102. The molecule has 8 heteroatoms. The Morgan fingerprint density at radius 3 is 2.71 bits per heavy atom. The van der Waals surface area contributed by atoms with E-state index in [-0.39, 0.29) is 12.6 Å².